The Kier molecular flexibility index (Phi) is 8.28. The highest BCUT2D eigenvalue weighted by molar-refractivity contribution is 7.99. The zero-order valence-electron chi connectivity index (χ0n) is 19.8. The number of allylic oxidation sites excluding steroid dienone is 1. The molecular weight excluding hydrogens is 538 g/mol. The van der Waals surface area contributed by atoms with Gasteiger partial charge in [0, 0.05) is 16.8 Å². The summed E-state index contributed by atoms with van der Waals surface area (Å²) in [6.45, 7) is 3.42. The van der Waals surface area contributed by atoms with E-state index < -0.39 is 22.5 Å². The molecule has 0 amide bonds. The van der Waals surface area contributed by atoms with Crippen LogP contribution in [-0.2, 0) is 9.53 Å². The number of aromatic nitrogens is 1. The fourth-order valence-corrected chi connectivity index (χ4v) is 6.02. The molecule has 1 aliphatic rings. The lowest BCUT2D eigenvalue weighted by atomic mass is 9.96. The molecule has 0 aliphatic carbocycles. The first kappa shape index (κ1) is 26.8. The van der Waals surface area contributed by atoms with Crippen molar-refractivity contribution in [3.05, 3.63) is 99.7 Å². The van der Waals surface area contributed by atoms with Crippen LogP contribution in [0.15, 0.2) is 68.4 Å². The lowest BCUT2D eigenvalue weighted by molar-refractivity contribution is -0.387. The number of thioether (sulfide) groups is 1. The van der Waals surface area contributed by atoms with Crippen molar-refractivity contribution < 1.29 is 19.6 Å². The van der Waals surface area contributed by atoms with Crippen molar-refractivity contribution in [1.29, 1.82) is 0 Å². The average molecular weight is 560 g/mol. The number of aliphatic hydroxyl groups excluding tert-OH is 1. The number of carbonyl (C=O) groups is 1. The maximum Gasteiger partial charge on any atom is 0.338 e. The van der Waals surface area contributed by atoms with Crippen LogP contribution in [0.3, 0.4) is 0 Å². The average Bonchev–Trinajstić information content (AvgIpc) is 3.17. The first-order chi connectivity index (χ1) is 17.8. The van der Waals surface area contributed by atoms with Crippen LogP contribution in [0.2, 0.25) is 5.02 Å². The van der Waals surface area contributed by atoms with E-state index in [0.29, 0.717) is 41.8 Å². The lowest BCUT2D eigenvalue weighted by Crippen LogP contribution is -2.40. The van der Waals surface area contributed by atoms with Gasteiger partial charge >= 0.3 is 5.97 Å². The summed E-state index contributed by atoms with van der Waals surface area (Å²) in [6, 6.07) is 10.8. The van der Waals surface area contributed by atoms with Gasteiger partial charge in [-0.1, -0.05) is 47.2 Å². The second-order valence-electron chi connectivity index (χ2n) is 7.88. The Bertz CT molecular complexity index is 1590. The highest BCUT2D eigenvalue weighted by atomic mass is 35.5. The molecule has 0 saturated heterocycles. The number of rotatable bonds is 8. The molecule has 0 bridgehead atoms. The lowest BCUT2D eigenvalue weighted by Gasteiger charge is -2.25. The number of nitro groups is 1. The molecule has 1 N–H and O–H groups in total. The number of fused-ring (bicyclic) bond motifs is 1. The van der Waals surface area contributed by atoms with Gasteiger partial charge in [-0.25, -0.2) is 9.79 Å². The van der Waals surface area contributed by atoms with Gasteiger partial charge in [-0.05, 0) is 43.2 Å². The van der Waals surface area contributed by atoms with Crippen LogP contribution in [0.4, 0.5) is 5.69 Å². The van der Waals surface area contributed by atoms with E-state index in [1.165, 1.54) is 22.4 Å². The Balaban J connectivity index is 1.90. The highest BCUT2D eigenvalue weighted by Gasteiger charge is 2.34. The first-order valence-corrected chi connectivity index (χ1v) is 13.4. The Morgan fingerprint density at radius 1 is 1.35 bits per heavy atom. The molecule has 0 saturated carbocycles. The minimum atomic E-state index is -0.849. The number of hydrogen-bond donors (Lipinski definition) is 1. The van der Waals surface area contributed by atoms with Gasteiger partial charge in [0.05, 0.1) is 38.8 Å². The minimum Gasteiger partial charge on any atom is -0.463 e. The van der Waals surface area contributed by atoms with Crippen molar-refractivity contribution >= 4 is 52.4 Å². The van der Waals surface area contributed by atoms with Gasteiger partial charge in [0.2, 0.25) is 0 Å². The van der Waals surface area contributed by atoms with Gasteiger partial charge in [0.25, 0.3) is 11.2 Å². The van der Waals surface area contributed by atoms with E-state index in [0.717, 1.165) is 11.3 Å². The SMILES string of the molecule is CCOC(=O)C1=C(C)N=c2s/c(=C/c3ccc(SCCO)c([N+](=O)[O-])c3)c(=O)n2[C@@H]1c1ccccc1Cl. The smallest absolute Gasteiger partial charge is 0.338 e. The molecule has 9 nitrogen and oxygen atoms in total. The molecule has 192 valence electrons. The second-order valence-corrected chi connectivity index (χ2v) is 10.4. The van der Waals surface area contributed by atoms with Gasteiger partial charge in [0.1, 0.15) is 6.04 Å². The van der Waals surface area contributed by atoms with Gasteiger partial charge in [0.15, 0.2) is 4.80 Å². The van der Waals surface area contributed by atoms with Crippen molar-refractivity contribution in [3.8, 4) is 0 Å². The Labute approximate surface area is 224 Å². The summed E-state index contributed by atoms with van der Waals surface area (Å²) in [4.78, 5) is 43.0. The largest absolute Gasteiger partial charge is 0.463 e. The second kappa shape index (κ2) is 11.4. The molecule has 0 unspecified atom stereocenters. The van der Waals surface area contributed by atoms with Crippen molar-refractivity contribution in [1.82, 2.24) is 4.57 Å². The maximum absolute atomic E-state index is 13.7. The van der Waals surface area contributed by atoms with Crippen LogP contribution in [0.1, 0.15) is 31.0 Å². The van der Waals surface area contributed by atoms with Crippen LogP contribution in [0.5, 0.6) is 0 Å². The predicted molar refractivity (Wildman–Crippen MR) is 143 cm³/mol. The third-order valence-corrected chi connectivity index (χ3v) is 7.91. The Morgan fingerprint density at radius 3 is 2.78 bits per heavy atom. The molecule has 2 aromatic carbocycles. The van der Waals surface area contributed by atoms with Crippen LogP contribution < -0.4 is 14.9 Å². The number of hydrogen-bond acceptors (Lipinski definition) is 9. The topological polar surface area (TPSA) is 124 Å². The van der Waals surface area contributed by atoms with Crippen LogP contribution in [0, 0.1) is 10.1 Å². The number of nitro benzene ring substituents is 1. The quantitative estimate of drug-likeness (QED) is 0.194. The number of carbonyl (C=O) groups excluding carboxylic acids is 1. The Morgan fingerprint density at radius 2 is 2.11 bits per heavy atom. The van der Waals surface area contributed by atoms with Crippen LogP contribution >= 0.6 is 34.7 Å². The number of aliphatic hydroxyl groups is 1. The number of thiazole rings is 1. The summed E-state index contributed by atoms with van der Waals surface area (Å²) in [7, 11) is 0. The summed E-state index contributed by atoms with van der Waals surface area (Å²) in [5.74, 6) is -0.266. The van der Waals surface area contributed by atoms with Crippen molar-refractivity contribution in [2.24, 2.45) is 4.99 Å². The normalized spacial score (nSPS) is 15.4. The summed E-state index contributed by atoms with van der Waals surface area (Å²) in [5, 5.41) is 21.0. The highest BCUT2D eigenvalue weighted by Crippen LogP contribution is 2.34. The molecule has 0 spiro atoms. The first-order valence-electron chi connectivity index (χ1n) is 11.2. The third-order valence-electron chi connectivity index (χ3n) is 5.54. The van der Waals surface area contributed by atoms with Gasteiger partial charge in [-0.15, -0.1) is 11.8 Å². The summed E-state index contributed by atoms with van der Waals surface area (Å²) < 4.78 is 6.98. The number of ether oxygens (including phenoxy) is 1. The monoisotopic (exact) mass is 559 g/mol. The van der Waals surface area contributed by atoms with E-state index in [1.807, 2.05) is 0 Å². The standard InChI is InChI=1S/C25H22ClN3O6S2/c1-3-35-24(32)21-14(2)27-25-28(22(21)16-6-4-5-7-17(16)26)23(31)20(37-25)13-15-8-9-19(36-11-10-30)18(12-15)29(33)34/h4-9,12-13,22,30H,3,10-11H2,1-2H3/b20-13+/t22-/m1/s1. The third kappa shape index (κ3) is 5.40. The fourth-order valence-electron chi connectivity index (χ4n) is 3.98. The van der Waals surface area contributed by atoms with Crippen molar-refractivity contribution in [2.75, 3.05) is 19.0 Å². The molecule has 4 rings (SSSR count). The van der Waals surface area contributed by atoms with Crippen molar-refractivity contribution in [3.63, 3.8) is 0 Å². The molecule has 37 heavy (non-hydrogen) atoms. The molecule has 2 heterocycles. The summed E-state index contributed by atoms with van der Waals surface area (Å²) in [5.41, 5.74) is 1.11. The summed E-state index contributed by atoms with van der Waals surface area (Å²) in [6.07, 6.45) is 1.56. The molecule has 1 aliphatic heterocycles. The molecule has 0 fully saturated rings. The summed E-state index contributed by atoms with van der Waals surface area (Å²) >= 11 is 8.79. The number of benzene rings is 2. The predicted octanol–water partition coefficient (Wildman–Crippen LogP) is 3.44. The van der Waals surface area contributed by atoms with Gasteiger partial charge in [-0.3, -0.25) is 19.5 Å². The molecule has 1 atom stereocenters. The number of nitrogens with zero attached hydrogens (tertiary/aromatic N) is 3. The van der Waals surface area contributed by atoms with Crippen LogP contribution in [-0.4, -0.2) is 39.5 Å². The molecule has 0 radical (unpaired) electrons. The molecular formula is C25H22ClN3O6S2. The van der Waals surface area contributed by atoms with Gasteiger partial charge < -0.3 is 9.84 Å². The van der Waals surface area contributed by atoms with Crippen LogP contribution in [0.25, 0.3) is 6.08 Å². The van der Waals surface area contributed by atoms with Gasteiger partial charge in [-0.2, -0.15) is 0 Å². The van der Waals surface area contributed by atoms with E-state index >= 15 is 0 Å². The fraction of sp³-hybridized carbons (Fsp3) is 0.240. The molecule has 3 aromatic rings. The number of halogens is 1. The van der Waals surface area contributed by atoms with Crippen molar-refractivity contribution in [2.45, 2.75) is 24.8 Å². The van der Waals surface area contributed by atoms with E-state index in [9.17, 15) is 19.7 Å². The molecule has 12 heteroatoms. The zero-order chi connectivity index (χ0) is 26.7. The maximum atomic E-state index is 13.7. The van der Waals surface area contributed by atoms with E-state index in [1.54, 1.807) is 56.3 Å². The minimum absolute atomic E-state index is 0.107. The van der Waals surface area contributed by atoms with E-state index in [4.69, 9.17) is 21.4 Å². The van der Waals surface area contributed by atoms with E-state index in [2.05, 4.69) is 4.99 Å². The molecule has 1 aromatic heterocycles. The van der Waals surface area contributed by atoms with E-state index in [-0.39, 0.29) is 24.5 Å². The Hall–Kier alpha value is -3.25. The zero-order valence-corrected chi connectivity index (χ0v) is 22.2. The number of esters is 1.